The summed E-state index contributed by atoms with van der Waals surface area (Å²) >= 11 is 0. The van der Waals surface area contributed by atoms with Gasteiger partial charge in [-0.3, -0.25) is 4.79 Å². The van der Waals surface area contributed by atoms with Gasteiger partial charge in [0.05, 0.1) is 0 Å². The second kappa shape index (κ2) is 7.52. The highest BCUT2D eigenvalue weighted by Gasteiger charge is 1.86. The Balaban J connectivity index is 3.19. The number of hydrogen-bond donors (Lipinski definition) is 0. The highest BCUT2D eigenvalue weighted by Crippen LogP contribution is 2.04. The molecule has 0 aromatic carbocycles. The number of unbranched alkanes of at least 4 members (excludes halogenated alkanes) is 4. The molecular weight excluding hydrogens is 136 g/mol. The maximum absolute atomic E-state index is 10.2. The lowest BCUT2D eigenvalue weighted by molar-refractivity contribution is -0.104. The molecule has 0 fully saturated rings. The lowest BCUT2D eigenvalue weighted by Crippen LogP contribution is -1.78. The molecule has 1 heteroatoms. The van der Waals surface area contributed by atoms with E-state index in [9.17, 15) is 4.79 Å². The molecule has 0 bridgehead atoms. The van der Waals surface area contributed by atoms with Gasteiger partial charge in [0.15, 0.2) is 0 Å². The molecule has 0 aliphatic heterocycles. The van der Waals surface area contributed by atoms with Crippen molar-refractivity contribution in [1.82, 2.24) is 0 Å². The molecule has 0 N–H and O–H groups in total. The molecule has 0 unspecified atom stereocenters. The Morgan fingerprint density at radius 1 is 1.27 bits per heavy atom. The topological polar surface area (TPSA) is 17.1 Å². The van der Waals surface area contributed by atoms with E-state index in [0.29, 0.717) is 0 Å². The molecule has 0 aliphatic rings. The molecule has 0 spiro atoms. The lowest BCUT2D eigenvalue weighted by Gasteiger charge is -1.94. The van der Waals surface area contributed by atoms with E-state index in [0.717, 1.165) is 18.3 Å². The van der Waals surface area contributed by atoms with Crippen molar-refractivity contribution in [2.24, 2.45) is 0 Å². The Labute approximate surface area is 69.5 Å². The maximum atomic E-state index is 10.2. The minimum atomic E-state index is 0.862. The molecule has 64 valence electrons. The van der Waals surface area contributed by atoms with E-state index in [-0.39, 0.29) is 0 Å². The summed E-state index contributed by atoms with van der Waals surface area (Å²) in [5.74, 6) is 0. The van der Waals surface area contributed by atoms with Crippen LogP contribution in [-0.2, 0) is 4.79 Å². The van der Waals surface area contributed by atoms with Crippen molar-refractivity contribution >= 4 is 6.29 Å². The van der Waals surface area contributed by atoms with Crippen LogP contribution in [0.1, 0.15) is 46.0 Å². The second-order valence-corrected chi connectivity index (χ2v) is 2.92. The summed E-state index contributed by atoms with van der Waals surface area (Å²) in [4.78, 5) is 10.2. The van der Waals surface area contributed by atoms with Gasteiger partial charge in [-0.2, -0.15) is 0 Å². The summed E-state index contributed by atoms with van der Waals surface area (Å²) < 4.78 is 0. The molecule has 1 nitrogen and oxygen atoms in total. The van der Waals surface area contributed by atoms with Crippen molar-refractivity contribution < 1.29 is 4.79 Å². The van der Waals surface area contributed by atoms with E-state index < -0.39 is 0 Å². The summed E-state index contributed by atoms with van der Waals surface area (Å²) in [6, 6.07) is 0. The average molecular weight is 154 g/mol. The molecule has 0 radical (unpaired) electrons. The van der Waals surface area contributed by atoms with Crippen molar-refractivity contribution in [3.8, 4) is 0 Å². The van der Waals surface area contributed by atoms with E-state index >= 15 is 0 Å². The van der Waals surface area contributed by atoms with Crippen molar-refractivity contribution in [2.45, 2.75) is 46.0 Å². The van der Waals surface area contributed by atoms with Crippen LogP contribution in [0.5, 0.6) is 0 Å². The second-order valence-electron chi connectivity index (χ2n) is 2.92. The van der Waals surface area contributed by atoms with Gasteiger partial charge in [-0.1, -0.05) is 32.3 Å². The third-order valence-corrected chi connectivity index (χ3v) is 1.71. The van der Waals surface area contributed by atoms with E-state index in [1.54, 1.807) is 0 Å². The van der Waals surface area contributed by atoms with Crippen molar-refractivity contribution in [2.75, 3.05) is 0 Å². The number of hydrogen-bond acceptors (Lipinski definition) is 1. The van der Waals surface area contributed by atoms with Crippen LogP contribution in [0.25, 0.3) is 0 Å². The minimum Gasteiger partial charge on any atom is -0.298 e. The van der Waals surface area contributed by atoms with Crippen LogP contribution in [0, 0.1) is 0 Å². The Kier molecular flexibility index (Phi) is 7.11. The fourth-order valence-corrected chi connectivity index (χ4v) is 0.949. The van der Waals surface area contributed by atoms with Gasteiger partial charge in [0, 0.05) is 0 Å². The third-order valence-electron chi connectivity index (χ3n) is 1.71. The zero-order chi connectivity index (χ0) is 8.53. The predicted molar refractivity (Wildman–Crippen MR) is 48.6 cm³/mol. The zero-order valence-corrected chi connectivity index (χ0v) is 7.60. The molecular formula is C10H18O. The quantitative estimate of drug-likeness (QED) is 0.326. The van der Waals surface area contributed by atoms with E-state index in [1.807, 2.05) is 13.0 Å². The van der Waals surface area contributed by atoms with Crippen molar-refractivity contribution in [3.63, 3.8) is 0 Å². The maximum Gasteiger partial charge on any atom is 0.145 e. The molecule has 0 saturated heterocycles. The van der Waals surface area contributed by atoms with Gasteiger partial charge in [-0.05, 0) is 25.3 Å². The first-order valence-electron chi connectivity index (χ1n) is 4.43. The van der Waals surface area contributed by atoms with Gasteiger partial charge >= 0.3 is 0 Å². The van der Waals surface area contributed by atoms with E-state index in [4.69, 9.17) is 0 Å². The molecule has 0 aromatic heterocycles. The highest BCUT2D eigenvalue weighted by molar-refractivity contribution is 5.71. The molecule has 0 saturated carbocycles. The van der Waals surface area contributed by atoms with Crippen LogP contribution < -0.4 is 0 Å². The van der Waals surface area contributed by atoms with Crippen LogP contribution in [0.15, 0.2) is 11.6 Å². The average Bonchev–Trinajstić information content (AvgIpc) is 2.04. The SMILES string of the molecule is CCCCCC/C=C(/C)C=O. The Morgan fingerprint density at radius 3 is 2.55 bits per heavy atom. The lowest BCUT2D eigenvalue weighted by atomic mass is 10.1. The molecule has 0 aromatic rings. The molecule has 11 heavy (non-hydrogen) atoms. The standard InChI is InChI=1S/C10H18O/c1-3-4-5-6-7-8-10(2)9-11/h8-9H,3-7H2,1-2H3/b10-8-. The molecule has 0 rings (SSSR count). The zero-order valence-electron chi connectivity index (χ0n) is 7.60. The Bertz CT molecular complexity index is 125. The molecule has 0 atom stereocenters. The highest BCUT2D eigenvalue weighted by atomic mass is 16.1. The van der Waals surface area contributed by atoms with Crippen LogP contribution in [0.3, 0.4) is 0 Å². The van der Waals surface area contributed by atoms with Gasteiger partial charge in [-0.25, -0.2) is 0 Å². The smallest absolute Gasteiger partial charge is 0.145 e. The largest absolute Gasteiger partial charge is 0.298 e. The first kappa shape index (κ1) is 10.4. The summed E-state index contributed by atoms with van der Waals surface area (Å²) in [6.45, 7) is 4.05. The summed E-state index contributed by atoms with van der Waals surface area (Å²) in [7, 11) is 0. The first-order chi connectivity index (χ1) is 5.31. The molecule has 0 amide bonds. The number of aldehydes is 1. The number of carbonyl (C=O) groups is 1. The Morgan fingerprint density at radius 2 is 2.00 bits per heavy atom. The fraction of sp³-hybridized carbons (Fsp3) is 0.700. The van der Waals surface area contributed by atoms with Crippen LogP contribution in [0.4, 0.5) is 0 Å². The summed E-state index contributed by atoms with van der Waals surface area (Å²) in [6.07, 6.45) is 9.09. The predicted octanol–water partition coefficient (Wildman–Crippen LogP) is 3.10. The monoisotopic (exact) mass is 154 g/mol. The molecule has 0 aliphatic carbocycles. The van der Waals surface area contributed by atoms with Crippen LogP contribution in [-0.4, -0.2) is 6.29 Å². The normalized spacial score (nSPS) is 11.6. The fourth-order valence-electron chi connectivity index (χ4n) is 0.949. The van der Waals surface area contributed by atoms with Gasteiger partial charge in [0.1, 0.15) is 6.29 Å². The van der Waals surface area contributed by atoms with E-state index in [2.05, 4.69) is 6.92 Å². The number of carbonyl (C=O) groups excluding carboxylic acids is 1. The van der Waals surface area contributed by atoms with E-state index in [1.165, 1.54) is 25.7 Å². The van der Waals surface area contributed by atoms with Crippen molar-refractivity contribution in [1.29, 1.82) is 0 Å². The summed E-state index contributed by atoms with van der Waals surface area (Å²) in [5.41, 5.74) is 0.862. The van der Waals surface area contributed by atoms with Crippen LogP contribution in [0.2, 0.25) is 0 Å². The van der Waals surface area contributed by atoms with Gasteiger partial charge in [0.25, 0.3) is 0 Å². The van der Waals surface area contributed by atoms with Gasteiger partial charge < -0.3 is 0 Å². The third kappa shape index (κ3) is 7.31. The Hall–Kier alpha value is -0.590. The number of rotatable bonds is 6. The van der Waals surface area contributed by atoms with Gasteiger partial charge in [-0.15, -0.1) is 0 Å². The minimum absolute atomic E-state index is 0.862. The van der Waals surface area contributed by atoms with Gasteiger partial charge in [0.2, 0.25) is 0 Å². The van der Waals surface area contributed by atoms with Crippen molar-refractivity contribution in [3.05, 3.63) is 11.6 Å². The number of allylic oxidation sites excluding steroid dienone is 2. The summed E-state index contributed by atoms with van der Waals surface area (Å²) in [5, 5.41) is 0. The first-order valence-corrected chi connectivity index (χ1v) is 4.43. The molecule has 0 heterocycles. The van der Waals surface area contributed by atoms with Crippen LogP contribution >= 0.6 is 0 Å².